The maximum absolute atomic E-state index is 13.8. The van der Waals surface area contributed by atoms with Gasteiger partial charge in [0.2, 0.25) is 0 Å². The van der Waals surface area contributed by atoms with Crippen LogP contribution in [0.25, 0.3) is 0 Å². The number of rotatable bonds is 3. The molecule has 100 valence electrons. The van der Waals surface area contributed by atoms with Crippen LogP contribution in [-0.4, -0.2) is 0 Å². The maximum atomic E-state index is 13.8. The molecule has 0 heterocycles. The molecule has 2 aromatic rings. The second-order valence-electron chi connectivity index (χ2n) is 4.46. The van der Waals surface area contributed by atoms with Crippen LogP contribution in [0.5, 0.6) is 11.5 Å². The molecular formula is C15H15BrFNO. The molecule has 0 bridgehead atoms. The second-order valence-corrected chi connectivity index (χ2v) is 5.32. The van der Waals surface area contributed by atoms with Crippen molar-refractivity contribution in [1.82, 2.24) is 0 Å². The number of hydrogen-bond acceptors (Lipinski definition) is 2. The Kier molecular flexibility index (Phi) is 4.22. The Morgan fingerprint density at radius 2 is 2.00 bits per heavy atom. The lowest BCUT2D eigenvalue weighted by atomic mass is 10.1. The van der Waals surface area contributed by atoms with Crippen LogP contribution >= 0.6 is 15.9 Å². The minimum atomic E-state index is -0.338. The molecule has 0 amide bonds. The van der Waals surface area contributed by atoms with Crippen molar-refractivity contribution in [2.45, 2.75) is 19.9 Å². The van der Waals surface area contributed by atoms with Crippen LogP contribution in [-0.2, 0) is 0 Å². The van der Waals surface area contributed by atoms with Gasteiger partial charge in [-0.3, -0.25) is 0 Å². The van der Waals surface area contributed by atoms with E-state index < -0.39 is 0 Å². The summed E-state index contributed by atoms with van der Waals surface area (Å²) in [6.45, 7) is 3.61. The first kappa shape index (κ1) is 14.0. The smallest absolute Gasteiger partial charge is 0.168 e. The third-order valence-corrected chi connectivity index (χ3v) is 3.53. The van der Waals surface area contributed by atoms with Crippen molar-refractivity contribution in [3.8, 4) is 11.5 Å². The Morgan fingerprint density at radius 3 is 2.63 bits per heavy atom. The van der Waals surface area contributed by atoms with E-state index in [4.69, 9.17) is 10.5 Å². The molecule has 0 aliphatic rings. The molecule has 4 heteroatoms. The van der Waals surface area contributed by atoms with Crippen molar-refractivity contribution in [2.75, 3.05) is 0 Å². The van der Waals surface area contributed by atoms with Gasteiger partial charge in [0.15, 0.2) is 11.6 Å². The third-order valence-electron chi connectivity index (χ3n) is 2.85. The summed E-state index contributed by atoms with van der Waals surface area (Å²) in [5, 5.41) is 0. The molecule has 0 aliphatic carbocycles. The number of nitrogens with two attached hydrogens (primary N) is 1. The maximum Gasteiger partial charge on any atom is 0.168 e. The zero-order valence-corrected chi connectivity index (χ0v) is 12.4. The molecule has 0 unspecified atom stereocenters. The van der Waals surface area contributed by atoms with Crippen molar-refractivity contribution < 1.29 is 9.13 Å². The fourth-order valence-electron chi connectivity index (χ4n) is 1.77. The van der Waals surface area contributed by atoms with E-state index in [-0.39, 0.29) is 17.6 Å². The fourth-order valence-corrected chi connectivity index (χ4v) is 2.49. The molecule has 2 nitrogen and oxygen atoms in total. The van der Waals surface area contributed by atoms with E-state index >= 15 is 0 Å². The molecule has 0 spiro atoms. The standard InChI is InChI=1S/C15H15BrFNO/c1-9-4-3-5-14(15(9)17)19-11-6-7-12(10(2)18)13(16)8-11/h3-8,10H,18H2,1-2H3/t10-/m1/s1. The minimum Gasteiger partial charge on any atom is -0.454 e. The highest BCUT2D eigenvalue weighted by Gasteiger charge is 2.10. The van der Waals surface area contributed by atoms with Crippen molar-refractivity contribution in [1.29, 1.82) is 0 Å². The van der Waals surface area contributed by atoms with E-state index in [2.05, 4.69) is 15.9 Å². The topological polar surface area (TPSA) is 35.2 Å². The molecule has 2 rings (SSSR count). The van der Waals surface area contributed by atoms with E-state index in [1.165, 1.54) is 0 Å². The summed E-state index contributed by atoms with van der Waals surface area (Å²) in [6, 6.07) is 10.5. The summed E-state index contributed by atoms with van der Waals surface area (Å²) in [5.41, 5.74) is 7.37. The van der Waals surface area contributed by atoms with Gasteiger partial charge in [0.1, 0.15) is 5.75 Å². The molecule has 2 aromatic carbocycles. The first-order chi connectivity index (χ1) is 8.99. The van der Waals surface area contributed by atoms with E-state index in [1.807, 2.05) is 13.0 Å². The zero-order chi connectivity index (χ0) is 14.0. The van der Waals surface area contributed by atoms with Gasteiger partial charge in [0, 0.05) is 10.5 Å². The summed E-state index contributed by atoms with van der Waals surface area (Å²) < 4.78 is 20.3. The van der Waals surface area contributed by atoms with Crippen molar-refractivity contribution >= 4 is 15.9 Å². The van der Waals surface area contributed by atoms with Crippen LogP contribution in [0.4, 0.5) is 4.39 Å². The van der Waals surface area contributed by atoms with Gasteiger partial charge >= 0.3 is 0 Å². The fraction of sp³-hybridized carbons (Fsp3) is 0.200. The molecule has 0 fully saturated rings. The largest absolute Gasteiger partial charge is 0.454 e. The van der Waals surface area contributed by atoms with Gasteiger partial charge < -0.3 is 10.5 Å². The summed E-state index contributed by atoms with van der Waals surface area (Å²) >= 11 is 3.44. The Bertz CT molecular complexity index is 599. The highest BCUT2D eigenvalue weighted by Crippen LogP contribution is 2.31. The first-order valence-electron chi connectivity index (χ1n) is 5.97. The van der Waals surface area contributed by atoms with Crippen LogP contribution in [0.2, 0.25) is 0 Å². The summed E-state index contributed by atoms with van der Waals surface area (Å²) in [4.78, 5) is 0. The van der Waals surface area contributed by atoms with E-state index in [0.717, 1.165) is 10.0 Å². The van der Waals surface area contributed by atoms with Gasteiger partial charge in [-0.15, -0.1) is 0 Å². The van der Waals surface area contributed by atoms with Gasteiger partial charge in [-0.05, 0) is 43.2 Å². The van der Waals surface area contributed by atoms with Gasteiger partial charge in [0.05, 0.1) is 0 Å². The van der Waals surface area contributed by atoms with Gasteiger partial charge in [0.25, 0.3) is 0 Å². The van der Waals surface area contributed by atoms with Gasteiger partial charge in [-0.25, -0.2) is 4.39 Å². The summed E-state index contributed by atoms with van der Waals surface area (Å²) in [6.07, 6.45) is 0. The number of hydrogen-bond donors (Lipinski definition) is 1. The molecule has 1 atom stereocenters. The summed E-state index contributed by atoms with van der Waals surface area (Å²) in [5.74, 6) is 0.455. The van der Waals surface area contributed by atoms with Crippen molar-refractivity contribution in [3.63, 3.8) is 0 Å². The van der Waals surface area contributed by atoms with E-state index in [1.54, 1.807) is 37.3 Å². The average molecular weight is 324 g/mol. The van der Waals surface area contributed by atoms with Crippen LogP contribution in [0, 0.1) is 12.7 Å². The Labute approximate surface area is 120 Å². The quantitative estimate of drug-likeness (QED) is 0.887. The van der Waals surface area contributed by atoms with E-state index in [9.17, 15) is 4.39 Å². The average Bonchev–Trinajstić information content (AvgIpc) is 2.34. The number of ether oxygens (including phenoxy) is 1. The predicted molar refractivity (Wildman–Crippen MR) is 78.0 cm³/mol. The molecule has 0 aromatic heterocycles. The summed E-state index contributed by atoms with van der Waals surface area (Å²) in [7, 11) is 0. The first-order valence-corrected chi connectivity index (χ1v) is 6.76. The normalized spacial score (nSPS) is 12.3. The third kappa shape index (κ3) is 3.14. The van der Waals surface area contributed by atoms with Gasteiger partial charge in [-0.2, -0.15) is 0 Å². The number of benzene rings is 2. The highest BCUT2D eigenvalue weighted by molar-refractivity contribution is 9.10. The van der Waals surface area contributed by atoms with Gasteiger partial charge in [-0.1, -0.05) is 34.1 Å². The SMILES string of the molecule is Cc1cccc(Oc2ccc([C@@H](C)N)c(Br)c2)c1F. The number of halogens is 2. The van der Waals surface area contributed by atoms with E-state index in [0.29, 0.717) is 11.3 Å². The molecule has 0 radical (unpaired) electrons. The van der Waals surface area contributed by atoms with Crippen LogP contribution in [0.1, 0.15) is 24.1 Å². The van der Waals surface area contributed by atoms with Crippen LogP contribution in [0.15, 0.2) is 40.9 Å². The number of aryl methyl sites for hydroxylation is 1. The van der Waals surface area contributed by atoms with Crippen molar-refractivity contribution in [2.24, 2.45) is 5.73 Å². The molecule has 0 aliphatic heterocycles. The Morgan fingerprint density at radius 1 is 1.26 bits per heavy atom. The monoisotopic (exact) mass is 323 g/mol. The lowest BCUT2D eigenvalue weighted by molar-refractivity contribution is 0.439. The molecule has 0 saturated carbocycles. The minimum absolute atomic E-state index is 0.0702. The highest BCUT2D eigenvalue weighted by atomic mass is 79.9. The van der Waals surface area contributed by atoms with Crippen LogP contribution < -0.4 is 10.5 Å². The molecule has 2 N–H and O–H groups in total. The molecule has 0 saturated heterocycles. The Balaban J connectivity index is 2.29. The lowest BCUT2D eigenvalue weighted by Gasteiger charge is -2.12. The second kappa shape index (κ2) is 5.72. The van der Waals surface area contributed by atoms with Crippen molar-refractivity contribution in [3.05, 3.63) is 57.8 Å². The molecule has 19 heavy (non-hydrogen) atoms. The van der Waals surface area contributed by atoms with Crippen LogP contribution in [0.3, 0.4) is 0 Å². The molecular weight excluding hydrogens is 309 g/mol. The lowest BCUT2D eigenvalue weighted by Crippen LogP contribution is -2.05. The predicted octanol–water partition coefficient (Wildman–Crippen LogP) is 4.71. The Hall–Kier alpha value is -1.39. The zero-order valence-electron chi connectivity index (χ0n) is 10.8.